The summed E-state index contributed by atoms with van der Waals surface area (Å²) in [5.74, 6) is -0.515. The Hall–Kier alpha value is -2.18. The number of carboxylic acid groups (broad SMARTS) is 1. The topological polar surface area (TPSA) is 93.6 Å². The smallest absolute Gasteiger partial charge is 0.313 e. The highest BCUT2D eigenvalue weighted by Gasteiger charge is 2.51. The first-order chi connectivity index (χ1) is 12.5. The van der Waals surface area contributed by atoms with E-state index >= 15 is 0 Å². The van der Waals surface area contributed by atoms with E-state index in [0.29, 0.717) is 37.4 Å². The number of likely N-dealkylation sites (tertiary alicyclic amines) is 1. The number of benzene rings is 1. The predicted molar refractivity (Wildman–Crippen MR) is 97.9 cm³/mol. The van der Waals surface area contributed by atoms with Gasteiger partial charge in [-0.15, -0.1) is 0 Å². The Morgan fingerprint density at radius 3 is 2.77 bits per heavy atom. The van der Waals surface area contributed by atoms with Crippen molar-refractivity contribution in [1.29, 1.82) is 0 Å². The summed E-state index contributed by atoms with van der Waals surface area (Å²) in [6.07, 6.45) is 2.21. The van der Waals surface area contributed by atoms with Gasteiger partial charge in [0.2, 0.25) is 0 Å². The molecule has 2 aliphatic rings. The van der Waals surface area contributed by atoms with E-state index in [-0.39, 0.29) is 12.1 Å². The number of rotatable bonds is 5. The number of aromatic nitrogens is 1. The maximum absolute atomic E-state index is 12.4. The maximum atomic E-state index is 12.4. The van der Waals surface area contributed by atoms with E-state index in [9.17, 15) is 19.8 Å². The van der Waals surface area contributed by atoms with Crippen LogP contribution in [0, 0.1) is 11.3 Å². The molecule has 0 bridgehead atoms. The Morgan fingerprint density at radius 2 is 2.04 bits per heavy atom. The van der Waals surface area contributed by atoms with Crippen molar-refractivity contribution in [2.24, 2.45) is 11.3 Å². The number of aliphatic hydroxyl groups excluding tert-OH is 1. The fraction of sp³-hybridized carbons (Fsp3) is 0.500. The monoisotopic (exact) mass is 356 g/mol. The van der Waals surface area contributed by atoms with Crippen LogP contribution in [0.5, 0.6) is 0 Å². The van der Waals surface area contributed by atoms with Crippen molar-refractivity contribution in [3.05, 3.63) is 46.2 Å². The molecule has 0 spiro atoms. The van der Waals surface area contributed by atoms with Gasteiger partial charge in [-0.3, -0.25) is 14.5 Å². The standard InChI is InChI=1S/C20H24N2O4/c23-17-7-8-22(12-20(17,19(25)26)10-13-5-6-13)11-15-9-14-3-1-2-4-16(14)21-18(15)24/h1-4,9,13,17,23H,5-8,10-12H2,(H,21,24)(H,25,26)/t17-,20+/m1/s1. The van der Waals surface area contributed by atoms with Crippen LogP contribution >= 0.6 is 0 Å². The third-order valence-electron chi connectivity index (χ3n) is 5.86. The Morgan fingerprint density at radius 1 is 1.27 bits per heavy atom. The molecule has 6 heteroatoms. The summed E-state index contributed by atoms with van der Waals surface area (Å²) in [7, 11) is 0. The first-order valence-corrected chi connectivity index (χ1v) is 9.23. The van der Waals surface area contributed by atoms with Gasteiger partial charge in [-0.1, -0.05) is 31.0 Å². The van der Waals surface area contributed by atoms with Gasteiger partial charge in [-0.05, 0) is 36.3 Å². The van der Waals surface area contributed by atoms with Crippen LogP contribution in [0.25, 0.3) is 10.9 Å². The van der Waals surface area contributed by atoms with Gasteiger partial charge in [-0.25, -0.2) is 0 Å². The number of pyridine rings is 1. The van der Waals surface area contributed by atoms with Crippen LogP contribution in [0.2, 0.25) is 0 Å². The third-order valence-corrected chi connectivity index (χ3v) is 5.86. The van der Waals surface area contributed by atoms with Crippen LogP contribution < -0.4 is 5.56 Å². The molecule has 1 aliphatic carbocycles. The minimum atomic E-state index is -1.12. The normalized spacial score (nSPS) is 26.9. The zero-order valence-electron chi connectivity index (χ0n) is 14.6. The van der Waals surface area contributed by atoms with Crippen LogP contribution in [-0.4, -0.2) is 45.3 Å². The number of carboxylic acids is 1. The molecule has 2 atom stereocenters. The molecule has 6 nitrogen and oxygen atoms in total. The van der Waals surface area contributed by atoms with E-state index in [1.54, 1.807) is 0 Å². The number of aromatic amines is 1. The van der Waals surface area contributed by atoms with Crippen molar-refractivity contribution < 1.29 is 15.0 Å². The zero-order valence-corrected chi connectivity index (χ0v) is 14.6. The molecule has 3 N–H and O–H groups in total. The number of H-pyrrole nitrogens is 1. The van der Waals surface area contributed by atoms with Gasteiger partial charge in [0.1, 0.15) is 5.41 Å². The summed E-state index contributed by atoms with van der Waals surface area (Å²) in [5.41, 5.74) is 0.163. The highest BCUT2D eigenvalue weighted by molar-refractivity contribution is 5.78. The number of nitrogens with zero attached hydrogens (tertiary/aromatic N) is 1. The summed E-state index contributed by atoms with van der Waals surface area (Å²) in [5, 5.41) is 21.3. The SMILES string of the molecule is O=C(O)[C@@]1(CC2CC2)CN(Cc2cc3ccccc3[nH]c2=O)CC[C@H]1O. The lowest BCUT2D eigenvalue weighted by atomic mass is 9.73. The summed E-state index contributed by atoms with van der Waals surface area (Å²) >= 11 is 0. The highest BCUT2D eigenvalue weighted by Crippen LogP contribution is 2.45. The van der Waals surface area contributed by atoms with E-state index in [1.165, 1.54) is 0 Å². The lowest BCUT2D eigenvalue weighted by Gasteiger charge is -2.43. The number of para-hydroxylation sites is 1. The molecule has 1 saturated carbocycles. The van der Waals surface area contributed by atoms with Crippen molar-refractivity contribution >= 4 is 16.9 Å². The number of aliphatic hydroxyl groups is 1. The molecule has 2 aromatic rings. The first-order valence-electron chi connectivity index (χ1n) is 9.23. The zero-order chi connectivity index (χ0) is 18.3. The molecular formula is C20H24N2O4. The number of aliphatic carboxylic acids is 1. The Balaban J connectivity index is 1.59. The van der Waals surface area contributed by atoms with E-state index in [2.05, 4.69) is 4.98 Å². The van der Waals surface area contributed by atoms with E-state index in [0.717, 1.165) is 23.7 Å². The number of fused-ring (bicyclic) bond motifs is 1. The number of piperidine rings is 1. The van der Waals surface area contributed by atoms with Gasteiger partial charge in [0.05, 0.1) is 6.10 Å². The summed E-state index contributed by atoms with van der Waals surface area (Å²) < 4.78 is 0. The van der Waals surface area contributed by atoms with Gasteiger partial charge in [0.15, 0.2) is 0 Å². The van der Waals surface area contributed by atoms with Crippen LogP contribution in [0.3, 0.4) is 0 Å². The molecular weight excluding hydrogens is 332 g/mol. The fourth-order valence-corrected chi connectivity index (χ4v) is 4.19. The van der Waals surface area contributed by atoms with Crippen molar-refractivity contribution in [2.75, 3.05) is 13.1 Å². The predicted octanol–water partition coefficient (Wildman–Crippen LogP) is 1.97. The molecule has 138 valence electrons. The highest BCUT2D eigenvalue weighted by atomic mass is 16.4. The molecule has 4 rings (SSSR count). The quantitative estimate of drug-likeness (QED) is 0.761. The van der Waals surface area contributed by atoms with Gasteiger partial charge in [0.25, 0.3) is 5.56 Å². The van der Waals surface area contributed by atoms with Crippen LogP contribution in [-0.2, 0) is 11.3 Å². The average Bonchev–Trinajstić information content (AvgIpc) is 3.42. The van der Waals surface area contributed by atoms with Crippen molar-refractivity contribution in [3.63, 3.8) is 0 Å². The molecule has 0 radical (unpaired) electrons. The van der Waals surface area contributed by atoms with Crippen molar-refractivity contribution in [1.82, 2.24) is 9.88 Å². The average molecular weight is 356 g/mol. The second-order valence-electron chi connectivity index (χ2n) is 7.83. The summed E-state index contributed by atoms with van der Waals surface area (Å²) in [4.78, 5) is 29.3. The second kappa shape index (κ2) is 6.52. The molecule has 0 amide bonds. The van der Waals surface area contributed by atoms with E-state index < -0.39 is 17.5 Å². The molecule has 1 aromatic heterocycles. The van der Waals surface area contributed by atoms with Gasteiger partial charge in [0, 0.05) is 30.7 Å². The molecule has 1 aliphatic heterocycles. The largest absolute Gasteiger partial charge is 0.481 e. The third kappa shape index (κ3) is 3.15. The minimum Gasteiger partial charge on any atom is -0.481 e. The van der Waals surface area contributed by atoms with Crippen molar-refractivity contribution in [2.45, 2.75) is 38.3 Å². The lowest BCUT2D eigenvalue weighted by Crippen LogP contribution is -2.56. The first kappa shape index (κ1) is 17.2. The number of carbonyl (C=O) groups is 1. The Labute approximate surface area is 151 Å². The molecule has 0 unspecified atom stereocenters. The maximum Gasteiger partial charge on any atom is 0.313 e. The summed E-state index contributed by atoms with van der Waals surface area (Å²) in [6, 6.07) is 9.49. The number of hydrogen-bond donors (Lipinski definition) is 3. The van der Waals surface area contributed by atoms with Gasteiger partial charge in [-0.2, -0.15) is 0 Å². The van der Waals surface area contributed by atoms with Crippen molar-refractivity contribution in [3.8, 4) is 0 Å². The van der Waals surface area contributed by atoms with E-state index in [4.69, 9.17) is 0 Å². The Bertz CT molecular complexity index is 889. The molecule has 1 saturated heterocycles. The van der Waals surface area contributed by atoms with Gasteiger partial charge >= 0.3 is 5.97 Å². The van der Waals surface area contributed by atoms with Gasteiger partial charge < -0.3 is 15.2 Å². The summed E-state index contributed by atoms with van der Waals surface area (Å²) in [6.45, 7) is 1.27. The Kier molecular flexibility index (Phi) is 4.32. The fourth-order valence-electron chi connectivity index (χ4n) is 4.19. The lowest BCUT2D eigenvalue weighted by molar-refractivity contribution is -0.165. The van der Waals surface area contributed by atoms with Crippen LogP contribution in [0.1, 0.15) is 31.2 Å². The second-order valence-corrected chi connectivity index (χ2v) is 7.83. The minimum absolute atomic E-state index is 0.141. The number of nitrogens with one attached hydrogen (secondary N) is 1. The van der Waals surface area contributed by atoms with Crippen LogP contribution in [0.4, 0.5) is 0 Å². The molecule has 1 aromatic carbocycles. The molecule has 26 heavy (non-hydrogen) atoms. The van der Waals surface area contributed by atoms with Crippen LogP contribution in [0.15, 0.2) is 35.1 Å². The molecule has 2 heterocycles. The molecule has 2 fully saturated rings. The van der Waals surface area contributed by atoms with E-state index in [1.807, 2.05) is 35.2 Å². The number of hydrogen-bond acceptors (Lipinski definition) is 4.